The average molecular weight is 291 g/mol. The molecule has 0 spiro atoms. The number of aryl methyl sites for hydroxylation is 2. The first-order valence-corrected chi connectivity index (χ1v) is 7.57. The fourth-order valence-corrected chi connectivity index (χ4v) is 3.25. The summed E-state index contributed by atoms with van der Waals surface area (Å²) in [5.41, 5.74) is 2.32. The molecule has 20 heavy (non-hydrogen) atoms. The van der Waals surface area contributed by atoms with Crippen molar-refractivity contribution in [1.82, 2.24) is 15.1 Å². The van der Waals surface area contributed by atoms with Gasteiger partial charge in [0.15, 0.2) is 0 Å². The number of aromatic nitrogens is 2. The third kappa shape index (κ3) is 3.55. The van der Waals surface area contributed by atoms with Crippen molar-refractivity contribution >= 4 is 11.8 Å². The Balaban J connectivity index is 2.03. The molecule has 0 saturated carbocycles. The van der Waals surface area contributed by atoms with Crippen LogP contribution in [0, 0.1) is 6.92 Å². The van der Waals surface area contributed by atoms with Crippen molar-refractivity contribution < 1.29 is 4.74 Å². The van der Waals surface area contributed by atoms with Gasteiger partial charge in [0.1, 0.15) is 5.75 Å². The summed E-state index contributed by atoms with van der Waals surface area (Å²) in [5, 5.41) is 8.92. The van der Waals surface area contributed by atoms with E-state index in [1.807, 2.05) is 49.6 Å². The summed E-state index contributed by atoms with van der Waals surface area (Å²) >= 11 is 1.81. The second-order valence-electron chi connectivity index (χ2n) is 4.67. The molecule has 0 aliphatic rings. The van der Waals surface area contributed by atoms with Gasteiger partial charge in [-0.3, -0.25) is 4.68 Å². The third-order valence-corrected chi connectivity index (χ3v) is 4.40. The van der Waals surface area contributed by atoms with Crippen LogP contribution in [0.3, 0.4) is 0 Å². The normalized spacial score (nSPS) is 12.4. The van der Waals surface area contributed by atoms with Crippen LogP contribution in [-0.4, -0.2) is 29.7 Å². The topological polar surface area (TPSA) is 39.1 Å². The van der Waals surface area contributed by atoms with Crippen molar-refractivity contribution in [2.45, 2.75) is 18.0 Å². The number of thioether (sulfide) groups is 1. The molecule has 0 fully saturated rings. The third-order valence-electron chi connectivity index (χ3n) is 3.22. The van der Waals surface area contributed by atoms with Gasteiger partial charge >= 0.3 is 0 Å². The lowest BCUT2D eigenvalue weighted by molar-refractivity contribution is 0.414. The molecule has 1 aromatic carbocycles. The molecule has 1 aromatic heterocycles. The maximum Gasteiger partial charge on any atom is 0.118 e. The van der Waals surface area contributed by atoms with E-state index in [1.54, 1.807) is 7.11 Å². The van der Waals surface area contributed by atoms with E-state index >= 15 is 0 Å². The minimum Gasteiger partial charge on any atom is -0.497 e. The van der Waals surface area contributed by atoms with E-state index in [0.717, 1.165) is 17.2 Å². The van der Waals surface area contributed by atoms with Crippen LogP contribution in [0.4, 0.5) is 0 Å². The maximum absolute atomic E-state index is 5.19. The van der Waals surface area contributed by atoms with E-state index in [1.165, 1.54) is 10.6 Å². The van der Waals surface area contributed by atoms with Gasteiger partial charge in [-0.15, -0.1) is 11.8 Å². The van der Waals surface area contributed by atoms with E-state index < -0.39 is 0 Å². The second-order valence-corrected chi connectivity index (χ2v) is 5.71. The Morgan fingerprint density at radius 1 is 1.35 bits per heavy atom. The van der Waals surface area contributed by atoms with Crippen LogP contribution in [0.2, 0.25) is 0 Å². The number of nitrogens with zero attached hydrogens (tertiary/aromatic N) is 2. The lowest BCUT2D eigenvalue weighted by Gasteiger charge is -2.16. The number of nitrogens with one attached hydrogen (secondary N) is 1. The molecule has 5 heteroatoms. The summed E-state index contributed by atoms with van der Waals surface area (Å²) in [6, 6.07) is 10.6. The molecule has 0 amide bonds. The van der Waals surface area contributed by atoms with Crippen LogP contribution in [0.25, 0.3) is 0 Å². The summed E-state index contributed by atoms with van der Waals surface area (Å²) < 4.78 is 7.12. The standard InChI is InChI=1S/C15H21N3OS/c1-11-9-15(18(3)17-11)20-10-14(16-2)12-5-7-13(19-4)8-6-12/h5-9,14,16H,10H2,1-4H3. The molecule has 4 nitrogen and oxygen atoms in total. The van der Waals surface area contributed by atoms with Crippen LogP contribution < -0.4 is 10.1 Å². The summed E-state index contributed by atoms with van der Waals surface area (Å²) in [6.45, 7) is 2.02. The zero-order valence-electron chi connectivity index (χ0n) is 12.4. The Kier molecular flexibility index (Phi) is 5.09. The molecule has 1 unspecified atom stereocenters. The molecular formula is C15H21N3OS. The fraction of sp³-hybridized carbons (Fsp3) is 0.400. The first-order chi connectivity index (χ1) is 9.63. The molecule has 0 bridgehead atoms. The molecule has 0 aliphatic carbocycles. The summed E-state index contributed by atoms with van der Waals surface area (Å²) in [7, 11) is 5.66. The molecule has 0 aliphatic heterocycles. The monoisotopic (exact) mass is 291 g/mol. The Hall–Kier alpha value is -1.46. The molecule has 1 atom stereocenters. The predicted octanol–water partition coefficient (Wildman–Crippen LogP) is 2.79. The molecule has 0 saturated heterocycles. The van der Waals surface area contributed by atoms with Crippen LogP contribution in [0.15, 0.2) is 35.4 Å². The van der Waals surface area contributed by atoms with Gasteiger partial charge in [0, 0.05) is 18.8 Å². The molecule has 0 radical (unpaired) electrons. The second kappa shape index (κ2) is 6.81. The molecular weight excluding hydrogens is 270 g/mol. The fourth-order valence-electron chi connectivity index (χ4n) is 2.07. The zero-order valence-corrected chi connectivity index (χ0v) is 13.2. The van der Waals surface area contributed by atoms with E-state index in [0.29, 0.717) is 6.04 Å². The van der Waals surface area contributed by atoms with E-state index in [9.17, 15) is 0 Å². The van der Waals surface area contributed by atoms with Crippen LogP contribution in [-0.2, 0) is 7.05 Å². The highest BCUT2D eigenvalue weighted by atomic mass is 32.2. The van der Waals surface area contributed by atoms with Crippen molar-refractivity contribution in [3.8, 4) is 5.75 Å². The lowest BCUT2D eigenvalue weighted by Crippen LogP contribution is -2.18. The Morgan fingerprint density at radius 3 is 2.55 bits per heavy atom. The average Bonchev–Trinajstić information content (AvgIpc) is 2.78. The number of hydrogen-bond acceptors (Lipinski definition) is 4. The van der Waals surface area contributed by atoms with Crippen molar-refractivity contribution in [3.63, 3.8) is 0 Å². The molecule has 108 valence electrons. The first-order valence-electron chi connectivity index (χ1n) is 6.58. The molecule has 2 rings (SSSR count). The SMILES string of the molecule is CNC(CSc1cc(C)nn1C)c1ccc(OC)cc1. The minimum atomic E-state index is 0.307. The Labute approximate surface area is 124 Å². The number of ether oxygens (including phenoxy) is 1. The van der Waals surface area contributed by atoms with E-state index in [4.69, 9.17) is 4.74 Å². The van der Waals surface area contributed by atoms with Crippen LogP contribution in [0.1, 0.15) is 17.3 Å². The van der Waals surface area contributed by atoms with E-state index in [2.05, 4.69) is 28.6 Å². The van der Waals surface area contributed by atoms with Crippen LogP contribution in [0.5, 0.6) is 5.75 Å². The van der Waals surface area contributed by atoms with Crippen molar-refractivity contribution in [2.24, 2.45) is 7.05 Å². The summed E-state index contributed by atoms with van der Waals surface area (Å²) in [5.74, 6) is 1.85. The highest BCUT2D eigenvalue weighted by Gasteiger charge is 2.11. The van der Waals surface area contributed by atoms with Gasteiger partial charge in [0.2, 0.25) is 0 Å². The Morgan fingerprint density at radius 2 is 2.05 bits per heavy atom. The van der Waals surface area contributed by atoms with Gasteiger partial charge in [0.25, 0.3) is 0 Å². The van der Waals surface area contributed by atoms with Gasteiger partial charge in [0.05, 0.1) is 17.8 Å². The van der Waals surface area contributed by atoms with Gasteiger partial charge in [-0.2, -0.15) is 5.10 Å². The molecule has 1 heterocycles. The molecule has 2 aromatic rings. The number of methoxy groups -OCH3 is 1. The largest absolute Gasteiger partial charge is 0.497 e. The van der Waals surface area contributed by atoms with Gasteiger partial charge in [-0.05, 0) is 37.7 Å². The van der Waals surface area contributed by atoms with Crippen molar-refractivity contribution in [1.29, 1.82) is 0 Å². The van der Waals surface area contributed by atoms with Crippen LogP contribution >= 0.6 is 11.8 Å². The lowest BCUT2D eigenvalue weighted by atomic mass is 10.1. The maximum atomic E-state index is 5.19. The number of rotatable bonds is 6. The summed E-state index contributed by atoms with van der Waals surface area (Å²) in [4.78, 5) is 0. The predicted molar refractivity (Wildman–Crippen MR) is 83.5 cm³/mol. The van der Waals surface area contributed by atoms with Crippen molar-refractivity contribution in [2.75, 3.05) is 19.9 Å². The van der Waals surface area contributed by atoms with E-state index in [-0.39, 0.29) is 0 Å². The van der Waals surface area contributed by atoms with Gasteiger partial charge < -0.3 is 10.1 Å². The minimum absolute atomic E-state index is 0.307. The number of benzene rings is 1. The highest BCUT2D eigenvalue weighted by Crippen LogP contribution is 2.25. The highest BCUT2D eigenvalue weighted by molar-refractivity contribution is 7.99. The van der Waals surface area contributed by atoms with Gasteiger partial charge in [-0.1, -0.05) is 12.1 Å². The number of hydrogen-bond donors (Lipinski definition) is 1. The van der Waals surface area contributed by atoms with Gasteiger partial charge in [-0.25, -0.2) is 0 Å². The van der Waals surface area contributed by atoms with Crippen molar-refractivity contribution in [3.05, 3.63) is 41.6 Å². The quantitative estimate of drug-likeness (QED) is 0.831. The smallest absolute Gasteiger partial charge is 0.118 e. The Bertz CT molecular complexity index is 551. The zero-order chi connectivity index (χ0) is 14.5. The molecule has 1 N–H and O–H groups in total. The summed E-state index contributed by atoms with van der Waals surface area (Å²) in [6.07, 6.45) is 0. The first kappa shape index (κ1) is 14.9.